The highest BCUT2D eigenvalue weighted by Gasteiger charge is 2.22. The Hall–Kier alpha value is -3.52. The van der Waals surface area contributed by atoms with Crippen LogP contribution in [-0.4, -0.2) is 32.8 Å². The smallest absolute Gasteiger partial charge is 0.260 e. The number of carbonyl (C=O) groups excluding carboxylic acids is 1. The van der Waals surface area contributed by atoms with Crippen LogP contribution in [0.3, 0.4) is 0 Å². The van der Waals surface area contributed by atoms with Gasteiger partial charge in [0.25, 0.3) is 5.91 Å². The van der Waals surface area contributed by atoms with E-state index in [1.165, 1.54) is 11.3 Å². The molecule has 3 aromatic heterocycles. The fourth-order valence-electron chi connectivity index (χ4n) is 3.14. The van der Waals surface area contributed by atoms with Gasteiger partial charge in [-0.3, -0.25) is 10.1 Å². The fourth-order valence-corrected chi connectivity index (χ4v) is 3.85. The van der Waals surface area contributed by atoms with Gasteiger partial charge in [-0.05, 0) is 42.3 Å². The summed E-state index contributed by atoms with van der Waals surface area (Å²) in [7, 11) is 1.63. The standard InChI is InChI=1S/C22H21N5O2S/c1-14(2)20-17(12-24-27(20)19-6-4-5-11-23-19)21(28)26-22-25-18(13-30-22)15-7-9-16(29-3)10-8-15/h4-14H,1-3H3,(H,25,26,28). The lowest BCUT2D eigenvalue weighted by molar-refractivity contribution is 0.102. The zero-order chi connectivity index (χ0) is 21.1. The molecule has 1 amide bonds. The van der Waals surface area contributed by atoms with Gasteiger partial charge in [0.05, 0.1) is 30.3 Å². The van der Waals surface area contributed by atoms with Crippen LogP contribution >= 0.6 is 11.3 Å². The van der Waals surface area contributed by atoms with Gasteiger partial charge >= 0.3 is 0 Å². The Balaban J connectivity index is 1.57. The van der Waals surface area contributed by atoms with Gasteiger partial charge in [0.2, 0.25) is 0 Å². The summed E-state index contributed by atoms with van der Waals surface area (Å²) in [5.74, 6) is 1.31. The molecule has 0 aliphatic carbocycles. The Morgan fingerprint density at radius 2 is 1.97 bits per heavy atom. The molecule has 0 fully saturated rings. The molecule has 0 radical (unpaired) electrons. The summed E-state index contributed by atoms with van der Waals surface area (Å²) in [6, 6.07) is 13.2. The van der Waals surface area contributed by atoms with Crippen molar-refractivity contribution >= 4 is 22.4 Å². The Kier molecular flexibility index (Phi) is 5.58. The first-order valence-corrected chi connectivity index (χ1v) is 10.4. The first-order valence-electron chi connectivity index (χ1n) is 9.47. The summed E-state index contributed by atoms with van der Waals surface area (Å²) in [4.78, 5) is 21.9. The highest BCUT2D eigenvalue weighted by atomic mass is 32.1. The molecule has 0 bridgehead atoms. The number of nitrogens with one attached hydrogen (secondary N) is 1. The van der Waals surface area contributed by atoms with Crippen molar-refractivity contribution in [2.45, 2.75) is 19.8 Å². The Morgan fingerprint density at radius 3 is 2.63 bits per heavy atom. The molecule has 0 unspecified atom stereocenters. The van der Waals surface area contributed by atoms with E-state index in [9.17, 15) is 4.79 Å². The number of hydrogen-bond donors (Lipinski definition) is 1. The predicted octanol–water partition coefficient (Wildman–Crippen LogP) is 4.78. The van der Waals surface area contributed by atoms with Crippen molar-refractivity contribution in [2.75, 3.05) is 12.4 Å². The lowest BCUT2D eigenvalue weighted by Gasteiger charge is -2.11. The number of hydrogen-bond acceptors (Lipinski definition) is 6. The Labute approximate surface area is 178 Å². The molecule has 0 saturated heterocycles. The number of nitrogens with zero attached hydrogens (tertiary/aromatic N) is 4. The van der Waals surface area contributed by atoms with Crippen molar-refractivity contribution in [3.05, 3.63) is 71.5 Å². The van der Waals surface area contributed by atoms with Gasteiger partial charge in [-0.1, -0.05) is 19.9 Å². The predicted molar refractivity (Wildman–Crippen MR) is 118 cm³/mol. The topological polar surface area (TPSA) is 81.9 Å². The number of pyridine rings is 1. The maximum absolute atomic E-state index is 13.0. The van der Waals surface area contributed by atoms with Crippen LogP contribution in [0.2, 0.25) is 0 Å². The van der Waals surface area contributed by atoms with Crippen LogP contribution in [0, 0.1) is 0 Å². The van der Waals surface area contributed by atoms with E-state index in [1.54, 1.807) is 24.2 Å². The minimum atomic E-state index is -0.239. The van der Waals surface area contributed by atoms with Crippen molar-refractivity contribution in [1.82, 2.24) is 19.7 Å². The lowest BCUT2D eigenvalue weighted by atomic mass is 10.1. The molecule has 3 heterocycles. The van der Waals surface area contributed by atoms with Gasteiger partial charge in [-0.15, -0.1) is 11.3 Å². The van der Waals surface area contributed by atoms with Crippen molar-refractivity contribution in [3.63, 3.8) is 0 Å². The van der Waals surface area contributed by atoms with Crippen molar-refractivity contribution in [1.29, 1.82) is 0 Å². The quantitative estimate of drug-likeness (QED) is 0.487. The molecular formula is C22H21N5O2S. The van der Waals surface area contributed by atoms with E-state index in [0.29, 0.717) is 16.5 Å². The van der Waals surface area contributed by atoms with Crippen molar-refractivity contribution in [3.8, 4) is 22.8 Å². The van der Waals surface area contributed by atoms with Crippen LogP contribution in [0.25, 0.3) is 17.1 Å². The molecule has 0 spiro atoms. The second-order valence-electron chi connectivity index (χ2n) is 6.92. The maximum atomic E-state index is 13.0. The summed E-state index contributed by atoms with van der Waals surface area (Å²) >= 11 is 1.38. The van der Waals surface area contributed by atoms with Crippen LogP contribution in [0.4, 0.5) is 5.13 Å². The molecule has 1 N–H and O–H groups in total. The number of rotatable bonds is 6. The van der Waals surface area contributed by atoms with Gasteiger partial charge in [-0.2, -0.15) is 5.10 Å². The number of methoxy groups -OCH3 is 1. The molecular weight excluding hydrogens is 398 g/mol. The van der Waals surface area contributed by atoms with Crippen LogP contribution in [-0.2, 0) is 0 Å². The highest BCUT2D eigenvalue weighted by Crippen LogP contribution is 2.28. The van der Waals surface area contributed by atoms with E-state index in [2.05, 4.69) is 20.4 Å². The fraction of sp³-hybridized carbons (Fsp3) is 0.182. The SMILES string of the molecule is COc1ccc(-c2csc(NC(=O)c3cnn(-c4ccccn4)c3C(C)C)n2)cc1. The summed E-state index contributed by atoms with van der Waals surface area (Å²) < 4.78 is 6.90. The number of benzene rings is 1. The lowest BCUT2D eigenvalue weighted by Crippen LogP contribution is -2.15. The van der Waals surface area contributed by atoms with Gasteiger partial charge in [0.1, 0.15) is 5.75 Å². The molecule has 0 aliphatic heterocycles. The van der Waals surface area contributed by atoms with Crippen molar-refractivity contribution < 1.29 is 9.53 Å². The van der Waals surface area contributed by atoms with E-state index < -0.39 is 0 Å². The van der Waals surface area contributed by atoms with E-state index in [0.717, 1.165) is 22.7 Å². The zero-order valence-electron chi connectivity index (χ0n) is 16.9. The van der Waals surface area contributed by atoms with Gasteiger partial charge in [0, 0.05) is 17.1 Å². The zero-order valence-corrected chi connectivity index (χ0v) is 17.7. The van der Waals surface area contributed by atoms with E-state index in [4.69, 9.17) is 4.74 Å². The molecule has 30 heavy (non-hydrogen) atoms. The van der Waals surface area contributed by atoms with Crippen molar-refractivity contribution in [2.24, 2.45) is 0 Å². The number of carbonyl (C=O) groups is 1. The van der Waals surface area contributed by atoms with Crippen LogP contribution in [0.15, 0.2) is 60.2 Å². The third-order valence-electron chi connectivity index (χ3n) is 4.57. The average molecular weight is 420 g/mol. The molecule has 4 aromatic rings. The number of anilines is 1. The second-order valence-corrected chi connectivity index (χ2v) is 7.78. The minimum absolute atomic E-state index is 0.0846. The monoisotopic (exact) mass is 419 g/mol. The van der Waals surface area contributed by atoms with E-state index in [-0.39, 0.29) is 11.8 Å². The highest BCUT2D eigenvalue weighted by molar-refractivity contribution is 7.14. The summed E-state index contributed by atoms with van der Waals surface area (Å²) in [6.07, 6.45) is 3.29. The van der Waals surface area contributed by atoms with Gasteiger partial charge < -0.3 is 4.74 Å². The van der Waals surface area contributed by atoms with E-state index in [1.807, 2.05) is 61.7 Å². The molecule has 1 aromatic carbocycles. The van der Waals surface area contributed by atoms with Crippen LogP contribution in [0.5, 0.6) is 5.75 Å². The third-order valence-corrected chi connectivity index (χ3v) is 5.33. The number of amides is 1. The Bertz CT molecular complexity index is 1150. The summed E-state index contributed by atoms with van der Waals surface area (Å²) in [6.45, 7) is 4.05. The normalized spacial score (nSPS) is 10.9. The van der Waals surface area contributed by atoms with E-state index >= 15 is 0 Å². The molecule has 4 rings (SSSR count). The second kappa shape index (κ2) is 8.46. The van der Waals surface area contributed by atoms with Gasteiger partial charge in [-0.25, -0.2) is 14.6 Å². The molecule has 7 nitrogen and oxygen atoms in total. The number of thiazole rings is 1. The summed E-state index contributed by atoms with van der Waals surface area (Å²) in [5.41, 5.74) is 3.07. The molecule has 0 atom stereocenters. The first kappa shape index (κ1) is 19.8. The number of ether oxygens (including phenoxy) is 1. The first-order chi connectivity index (χ1) is 14.6. The largest absolute Gasteiger partial charge is 0.497 e. The molecule has 8 heteroatoms. The minimum Gasteiger partial charge on any atom is -0.497 e. The number of aromatic nitrogens is 4. The average Bonchev–Trinajstić information content (AvgIpc) is 3.42. The van der Waals surface area contributed by atoms with Gasteiger partial charge in [0.15, 0.2) is 10.9 Å². The molecule has 0 aliphatic rings. The maximum Gasteiger partial charge on any atom is 0.260 e. The van der Waals surface area contributed by atoms with Crippen LogP contribution in [0.1, 0.15) is 35.8 Å². The third kappa shape index (κ3) is 3.95. The Morgan fingerprint density at radius 1 is 1.17 bits per heavy atom. The van der Waals surface area contributed by atoms with Crippen LogP contribution < -0.4 is 10.1 Å². The molecule has 152 valence electrons. The molecule has 0 saturated carbocycles. The summed E-state index contributed by atoms with van der Waals surface area (Å²) in [5, 5.41) is 9.75.